The number of hydrogen-bond donors (Lipinski definition) is 1. The summed E-state index contributed by atoms with van der Waals surface area (Å²) in [4.78, 5) is 0. The van der Waals surface area contributed by atoms with Crippen molar-refractivity contribution in [2.45, 2.75) is 13.0 Å². The molecule has 0 unspecified atom stereocenters. The van der Waals surface area contributed by atoms with Gasteiger partial charge in [0.1, 0.15) is 0 Å². The lowest BCUT2D eigenvalue weighted by atomic mass is 10.00. The van der Waals surface area contributed by atoms with Gasteiger partial charge in [-0.1, -0.05) is 90.5 Å². The molecule has 0 fully saturated rings. The van der Waals surface area contributed by atoms with Crippen LogP contribution in [0.3, 0.4) is 0 Å². The summed E-state index contributed by atoms with van der Waals surface area (Å²) in [6.07, 6.45) is 1.61. The molecule has 0 aliphatic rings. The molecule has 0 radical (unpaired) electrons. The van der Waals surface area contributed by atoms with Crippen molar-refractivity contribution >= 4 is 16.1 Å². The van der Waals surface area contributed by atoms with E-state index in [0.29, 0.717) is 0 Å². The standard InChI is InChI=1S/C22H21NO2S/c1-18-12-14-19(15-13-18)16-17-26(24,25)23-22(20-8-4-2-5-9-20)21-10-6-3-7-11-21/h2-17,22-23H,1H3/b17-16+. The molecule has 0 aliphatic carbocycles. The largest absolute Gasteiger partial charge is 0.234 e. The minimum absolute atomic E-state index is 0.440. The minimum Gasteiger partial charge on any atom is -0.208 e. The lowest BCUT2D eigenvalue weighted by molar-refractivity contribution is 0.581. The Balaban J connectivity index is 1.87. The van der Waals surface area contributed by atoms with Gasteiger partial charge in [0.2, 0.25) is 10.0 Å². The number of sulfonamides is 1. The van der Waals surface area contributed by atoms with Crippen molar-refractivity contribution in [2.24, 2.45) is 0 Å². The van der Waals surface area contributed by atoms with E-state index in [1.807, 2.05) is 91.9 Å². The quantitative estimate of drug-likeness (QED) is 0.691. The van der Waals surface area contributed by atoms with Crippen LogP contribution in [0.5, 0.6) is 0 Å². The van der Waals surface area contributed by atoms with E-state index in [1.54, 1.807) is 6.08 Å². The van der Waals surface area contributed by atoms with Crippen LogP contribution >= 0.6 is 0 Å². The molecular weight excluding hydrogens is 342 g/mol. The van der Waals surface area contributed by atoms with Gasteiger partial charge in [0.25, 0.3) is 0 Å². The molecule has 0 bridgehead atoms. The molecule has 1 N–H and O–H groups in total. The van der Waals surface area contributed by atoms with Crippen molar-refractivity contribution in [3.05, 3.63) is 113 Å². The second kappa shape index (κ2) is 8.13. The molecule has 0 saturated carbocycles. The van der Waals surface area contributed by atoms with E-state index >= 15 is 0 Å². The van der Waals surface area contributed by atoms with Crippen molar-refractivity contribution < 1.29 is 8.42 Å². The Morgan fingerprint density at radius 2 is 1.27 bits per heavy atom. The van der Waals surface area contributed by atoms with Crippen LogP contribution in [0.1, 0.15) is 28.3 Å². The molecule has 3 aromatic rings. The molecule has 3 rings (SSSR count). The van der Waals surface area contributed by atoms with Gasteiger partial charge in [0, 0.05) is 5.41 Å². The molecular formula is C22H21NO2S. The molecule has 0 saturated heterocycles. The Bertz CT molecular complexity index is 924. The fourth-order valence-electron chi connectivity index (χ4n) is 2.67. The van der Waals surface area contributed by atoms with E-state index in [0.717, 1.165) is 22.3 Å². The first kappa shape index (κ1) is 18.1. The molecule has 0 amide bonds. The van der Waals surface area contributed by atoms with Crippen molar-refractivity contribution in [1.82, 2.24) is 4.72 Å². The summed E-state index contributed by atoms with van der Waals surface area (Å²) < 4.78 is 28.1. The summed E-state index contributed by atoms with van der Waals surface area (Å²) in [7, 11) is -3.62. The highest BCUT2D eigenvalue weighted by Crippen LogP contribution is 2.23. The van der Waals surface area contributed by atoms with Crippen molar-refractivity contribution in [3.63, 3.8) is 0 Å². The molecule has 0 aromatic heterocycles. The summed E-state index contributed by atoms with van der Waals surface area (Å²) in [5, 5.41) is 1.22. The minimum atomic E-state index is -3.62. The van der Waals surface area contributed by atoms with Gasteiger partial charge in [-0.15, -0.1) is 0 Å². The van der Waals surface area contributed by atoms with Crippen molar-refractivity contribution in [3.8, 4) is 0 Å². The molecule has 3 aromatic carbocycles. The predicted molar refractivity (Wildman–Crippen MR) is 107 cm³/mol. The summed E-state index contributed by atoms with van der Waals surface area (Å²) >= 11 is 0. The van der Waals surface area contributed by atoms with Gasteiger partial charge in [0.15, 0.2) is 0 Å². The number of aryl methyl sites for hydroxylation is 1. The van der Waals surface area contributed by atoms with Gasteiger partial charge < -0.3 is 0 Å². The lowest BCUT2D eigenvalue weighted by Crippen LogP contribution is -2.27. The second-order valence-electron chi connectivity index (χ2n) is 6.13. The fraction of sp³-hybridized carbons (Fsp3) is 0.0909. The number of hydrogen-bond acceptors (Lipinski definition) is 2. The molecule has 0 heterocycles. The monoisotopic (exact) mass is 363 g/mol. The predicted octanol–water partition coefficient (Wildman–Crippen LogP) is 4.67. The molecule has 4 heteroatoms. The molecule has 0 spiro atoms. The zero-order valence-corrected chi connectivity index (χ0v) is 15.4. The number of benzene rings is 3. The average molecular weight is 363 g/mol. The van der Waals surface area contributed by atoms with Gasteiger partial charge in [-0.25, -0.2) is 8.42 Å². The van der Waals surface area contributed by atoms with Gasteiger partial charge in [-0.05, 0) is 29.7 Å². The van der Waals surface area contributed by atoms with E-state index in [1.165, 1.54) is 5.41 Å². The normalized spacial score (nSPS) is 11.9. The molecule has 0 aliphatic heterocycles. The Labute approximate surface area is 155 Å². The number of nitrogens with one attached hydrogen (secondary N) is 1. The highest BCUT2D eigenvalue weighted by atomic mass is 32.2. The van der Waals surface area contributed by atoms with Crippen LogP contribution < -0.4 is 4.72 Å². The van der Waals surface area contributed by atoms with Crippen LogP contribution in [-0.2, 0) is 10.0 Å². The summed E-state index contributed by atoms with van der Waals surface area (Å²) in [6.45, 7) is 2.00. The highest BCUT2D eigenvalue weighted by molar-refractivity contribution is 7.92. The van der Waals surface area contributed by atoms with Crippen LogP contribution in [-0.4, -0.2) is 8.42 Å². The van der Waals surface area contributed by atoms with Crippen LogP contribution in [0.25, 0.3) is 6.08 Å². The SMILES string of the molecule is Cc1ccc(/C=C/S(=O)(=O)NC(c2ccccc2)c2ccccc2)cc1. The van der Waals surface area contributed by atoms with Gasteiger partial charge in [-0.3, -0.25) is 0 Å². The molecule has 132 valence electrons. The van der Waals surface area contributed by atoms with E-state index in [-0.39, 0.29) is 0 Å². The Morgan fingerprint density at radius 1 is 0.769 bits per heavy atom. The number of rotatable bonds is 6. The maximum Gasteiger partial charge on any atom is 0.234 e. The average Bonchev–Trinajstić information content (AvgIpc) is 2.67. The third kappa shape index (κ3) is 4.91. The van der Waals surface area contributed by atoms with Crippen molar-refractivity contribution in [1.29, 1.82) is 0 Å². The zero-order chi connectivity index (χ0) is 18.4. The third-order valence-corrected chi connectivity index (χ3v) is 5.12. The van der Waals surface area contributed by atoms with Crippen LogP contribution in [0.15, 0.2) is 90.3 Å². The summed E-state index contributed by atoms with van der Waals surface area (Å²) in [6, 6.07) is 26.4. The topological polar surface area (TPSA) is 46.2 Å². The van der Waals surface area contributed by atoms with Crippen LogP contribution in [0, 0.1) is 6.92 Å². The Kier molecular flexibility index (Phi) is 5.66. The van der Waals surface area contributed by atoms with Gasteiger partial charge in [0.05, 0.1) is 6.04 Å². The Morgan fingerprint density at radius 3 is 1.77 bits per heavy atom. The first-order valence-corrected chi connectivity index (χ1v) is 9.95. The first-order valence-electron chi connectivity index (χ1n) is 8.40. The van der Waals surface area contributed by atoms with E-state index in [2.05, 4.69) is 4.72 Å². The van der Waals surface area contributed by atoms with E-state index < -0.39 is 16.1 Å². The molecule has 3 nitrogen and oxygen atoms in total. The maximum atomic E-state index is 12.6. The fourth-order valence-corrected chi connectivity index (χ4v) is 3.68. The maximum absolute atomic E-state index is 12.6. The Hall–Kier alpha value is -2.69. The third-order valence-electron chi connectivity index (χ3n) is 4.06. The lowest BCUT2D eigenvalue weighted by Gasteiger charge is -2.18. The van der Waals surface area contributed by atoms with Gasteiger partial charge >= 0.3 is 0 Å². The highest BCUT2D eigenvalue weighted by Gasteiger charge is 2.19. The zero-order valence-electron chi connectivity index (χ0n) is 14.5. The smallest absolute Gasteiger partial charge is 0.208 e. The molecule has 0 atom stereocenters. The van der Waals surface area contributed by atoms with Crippen LogP contribution in [0.4, 0.5) is 0 Å². The van der Waals surface area contributed by atoms with Crippen LogP contribution in [0.2, 0.25) is 0 Å². The van der Waals surface area contributed by atoms with E-state index in [4.69, 9.17) is 0 Å². The first-order chi connectivity index (χ1) is 12.5. The second-order valence-corrected chi connectivity index (χ2v) is 7.73. The summed E-state index contributed by atoms with van der Waals surface area (Å²) in [5.41, 5.74) is 3.77. The van der Waals surface area contributed by atoms with E-state index in [9.17, 15) is 8.42 Å². The summed E-state index contributed by atoms with van der Waals surface area (Å²) in [5.74, 6) is 0. The molecule has 26 heavy (non-hydrogen) atoms. The van der Waals surface area contributed by atoms with Gasteiger partial charge in [-0.2, -0.15) is 4.72 Å². The van der Waals surface area contributed by atoms with Crippen molar-refractivity contribution in [2.75, 3.05) is 0 Å².